The predicted octanol–water partition coefficient (Wildman–Crippen LogP) is 4.11. The molecule has 0 bridgehead atoms. The summed E-state index contributed by atoms with van der Waals surface area (Å²) in [6.07, 6.45) is 3.32. The van der Waals surface area contributed by atoms with Crippen molar-refractivity contribution in [3.8, 4) is 0 Å². The van der Waals surface area contributed by atoms with E-state index < -0.39 is 0 Å². The summed E-state index contributed by atoms with van der Waals surface area (Å²) in [7, 11) is 0. The van der Waals surface area contributed by atoms with Crippen molar-refractivity contribution in [2.45, 2.75) is 13.5 Å². The summed E-state index contributed by atoms with van der Waals surface area (Å²) in [6, 6.07) is 14.7. The van der Waals surface area contributed by atoms with Crippen molar-refractivity contribution in [2.75, 3.05) is 5.32 Å². The number of nitrogens with zero attached hydrogens (tertiary/aromatic N) is 2. The fourth-order valence-electron chi connectivity index (χ4n) is 2.29. The van der Waals surface area contributed by atoms with Crippen LogP contribution in [0.25, 0.3) is 0 Å². The van der Waals surface area contributed by atoms with Crippen LogP contribution in [0.2, 0.25) is 5.02 Å². The molecule has 3 aromatic rings. The highest BCUT2D eigenvalue weighted by molar-refractivity contribution is 6.30. The lowest BCUT2D eigenvalue weighted by Crippen LogP contribution is -2.24. The Bertz CT molecular complexity index is 866. The first-order chi connectivity index (χ1) is 12.1. The van der Waals surface area contributed by atoms with E-state index in [1.165, 1.54) is 0 Å². The van der Waals surface area contributed by atoms with E-state index in [0.717, 1.165) is 22.6 Å². The minimum atomic E-state index is -0.236. The normalized spacial score (nSPS) is 10.3. The van der Waals surface area contributed by atoms with E-state index in [1.54, 1.807) is 18.5 Å². The molecule has 0 aliphatic rings. The molecule has 126 valence electrons. The first-order valence-electron chi connectivity index (χ1n) is 7.79. The van der Waals surface area contributed by atoms with Crippen LogP contribution >= 0.6 is 11.6 Å². The third-order valence-corrected chi connectivity index (χ3v) is 3.85. The van der Waals surface area contributed by atoms with Gasteiger partial charge in [-0.2, -0.15) is 0 Å². The highest BCUT2D eigenvalue weighted by atomic mass is 35.5. The van der Waals surface area contributed by atoms with Gasteiger partial charge in [0.1, 0.15) is 5.69 Å². The molecule has 25 heavy (non-hydrogen) atoms. The van der Waals surface area contributed by atoms with Crippen molar-refractivity contribution in [3.05, 3.63) is 82.9 Å². The van der Waals surface area contributed by atoms with Gasteiger partial charge in [-0.25, -0.2) is 4.98 Å². The maximum atomic E-state index is 12.1. The maximum absolute atomic E-state index is 12.1. The molecule has 2 heterocycles. The van der Waals surface area contributed by atoms with Crippen LogP contribution in [0.5, 0.6) is 0 Å². The Morgan fingerprint density at radius 1 is 1.12 bits per heavy atom. The third kappa shape index (κ3) is 4.55. The summed E-state index contributed by atoms with van der Waals surface area (Å²) >= 11 is 5.96. The fourth-order valence-corrected chi connectivity index (χ4v) is 2.52. The number of nitrogens with one attached hydrogen (secondary N) is 2. The first-order valence-corrected chi connectivity index (χ1v) is 8.17. The van der Waals surface area contributed by atoms with Gasteiger partial charge in [-0.3, -0.25) is 9.78 Å². The van der Waals surface area contributed by atoms with E-state index >= 15 is 0 Å². The smallest absolute Gasteiger partial charge is 0.270 e. The number of pyridine rings is 2. The zero-order valence-corrected chi connectivity index (χ0v) is 14.4. The van der Waals surface area contributed by atoms with E-state index in [9.17, 15) is 4.79 Å². The Morgan fingerprint density at radius 3 is 2.68 bits per heavy atom. The topological polar surface area (TPSA) is 66.9 Å². The summed E-state index contributed by atoms with van der Waals surface area (Å²) in [5.41, 5.74) is 3.93. The molecule has 1 aromatic carbocycles. The van der Waals surface area contributed by atoms with E-state index in [-0.39, 0.29) is 5.91 Å². The number of hydrogen-bond acceptors (Lipinski definition) is 4. The molecular formula is C19H17ClN4O. The van der Waals surface area contributed by atoms with Crippen molar-refractivity contribution in [3.63, 3.8) is 0 Å². The van der Waals surface area contributed by atoms with Gasteiger partial charge in [-0.1, -0.05) is 17.7 Å². The lowest BCUT2D eigenvalue weighted by molar-refractivity contribution is 0.0945. The Morgan fingerprint density at radius 2 is 2.00 bits per heavy atom. The van der Waals surface area contributed by atoms with Crippen molar-refractivity contribution in [1.29, 1.82) is 0 Å². The highest BCUT2D eigenvalue weighted by Crippen LogP contribution is 2.23. The van der Waals surface area contributed by atoms with Crippen LogP contribution in [-0.2, 0) is 6.54 Å². The number of rotatable bonds is 5. The zero-order valence-electron chi connectivity index (χ0n) is 13.7. The molecule has 0 radical (unpaired) electrons. The molecule has 2 aromatic heterocycles. The van der Waals surface area contributed by atoms with Crippen molar-refractivity contribution < 1.29 is 4.79 Å². The van der Waals surface area contributed by atoms with Gasteiger partial charge in [-0.15, -0.1) is 0 Å². The molecule has 0 aliphatic heterocycles. The fraction of sp³-hybridized carbons (Fsp3) is 0.105. The second kappa shape index (κ2) is 7.77. The van der Waals surface area contributed by atoms with Gasteiger partial charge >= 0.3 is 0 Å². The quantitative estimate of drug-likeness (QED) is 0.725. The third-order valence-electron chi connectivity index (χ3n) is 3.62. The van der Waals surface area contributed by atoms with Gasteiger partial charge in [0.05, 0.1) is 24.1 Å². The molecule has 5 nitrogen and oxygen atoms in total. The van der Waals surface area contributed by atoms with Gasteiger partial charge in [0.2, 0.25) is 0 Å². The molecule has 0 spiro atoms. The monoisotopic (exact) mass is 352 g/mol. The molecule has 3 rings (SSSR count). The minimum absolute atomic E-state index is 0.236. The number of anilines is 2. The lowest BCUT2D eigenvalue weighted by atomic mass is 10.2. The maximum Gasteiger partial charge on any atom is 0.270 e. The molecule has 0 aliphatic carbocycles. The van der Waals surface area contributed by atoms with Crippen LogP contribution in [0.4, 0.5) is 11.4 Å². The van der Waals surface area contributed by atoms with E-state index in [0.29, 0.717) is 17.3 Å². The SMILES string of the molecule is Cc1cc(Cl)ccc1Nc1ccc(C(=O)NCc2ccccn2)nc1. The Balaban J connectivity index is 1.62. The molecule has 2 N–H and O–H groups in total. The standard InChI is InChI=1S/C19H17ClN4O/c1-13-10-14(20)5-7-17(13)24-16-6-8-18(22-12-16)19(25)23-11-15-4-2-3-9-21-15/h2-10,12,24H,11H2,1H3,(H,23,25). The Labute approximate surface area is 151 Å². The van der Waals surface area contributed by atoms with Crippen molar-refractivity contribution in [1.82, 2.24) is 15.3 Å². The van der Waals surface area contributed by atoms with Crippen LogP contribution in [0, 0.1) is 6.92 Å². The average molecular weight is 353 g/mol. The van der Waals surface area contributed by atoms with Crippen molar-refractivity contribution in [2.24, 2.45) is 0 Å². The van der Waals surface area contributed by atoms with Gasteiger partial charge in [-0.05, 0) is 55.0 Å². The van der Waals surface area contributed by atoms with Crippen LogP contribution in [0.3, 0.4) is 0 Å². The van der Waals surface area contributed by atoms with Crippen LogP contribution in [0.1, 0.15) is 21.7 Å². The second-order valence-corrected chi connectivity index (χ2v) is 5.96. The van der Waals surface area contributed by atoms with E-state index in [4.69, 9.17) is 11.6 Å². The van der Waals surface area contributed by atoms with Crippen LogP contribution in [-0.4, -0.2) is 15.9 Å². The summed E-state index contributed by atoms with van der Waals surface area (Å²) in [4.78, 5) is 20.5. The van der Waals surface area contributed by atoms with Gasteiger partial charge in [0.15, 0.2) is 0 Å². The molecule has 0 fully saturated rings. The second-order valence-electron chi connectivity index (χ2n) is 5.52. The van der Waals surface area contributed by atoms with Crippen LogP contribution < -0.4 is 10.6 Å². The molecule has 6 heteroatoms. The van der Waals surface area contributed by atoms with Gasteiger partial charge in [0.25, 0.3) is 5.91 Å². The number of aromatic nitrogens is 2. The summed E-state index contributed by atoms with van der Waals surface area (Å²) in [5.74, 6) is -0.236. The molecular weight excluding hydrogens is 336 g/mol. The number of aryl methyl sites for hydroxylation is 1. The Hall–Kier alpha value is -2.92. The van der Waals surface area contributed by atoms with E-state index in [1.807, 2.05) is 49.4 Å². The number of hydrogen-bond donors (Lipinski definition) is 2. The Kier molecular flexibility index (Phi) is 5.26. The number of amides is 1. The minimum Gasteiger partial charge on any atom is -0.354 e. The highest BCUT2D eigenvalue weighted by Gasteiger charge is 2.08. The predicted molar refractivity (Wildman–Crippen MR) is 99.1 cm³/mol. The number of carbonyl (C=O) groups excluding carboxylic acids is 1. The van der Waals surface area contributed by atoms with E-state index in [2.05, 4.69) is 20.6 Å². The lowest BCUT2D eigenvalue weighted by Gasteiger charge is -2.10. The number of halogens is 1. The molecule has 0 unspecified atom stereocenters. The first kappa shape index (κ1) is 16.9. The largest absolute Gasteiger partial charge is 0.354 e. The number of carbonyl (C=O) groups is 1. The molecule has 0 atom stereocenters. The molecule has 0 saturated carbocycles. The summed E-state index contributed by atoms with van der Waals surface area (Å²) < 4.78 is 0. The molecule has 1 amide bonds. The average Bonchev–Trinajstić information content (AvgIpc) is 2.63. The van der Waals surface area contributed by atoms with Gasteiger partial charge in [0, 0.05) is 16.9 Å². The van der Waals surface area contributed by atoms with Gasteiger partial charge < -0.3 is 10.6 Å². The zero-order chi connectivity index (χ0) is 17.6. The van der Waals surface area contributed by atoms with Crippen LogP contribution in [0.15, 0.2) is 60.9 Å². The summed E-state index contributed by atoms with van der Waals surface area (Å²) in [5, 5.41) is 6.76. The summed E-state index contributed by atoms with van der Waals surface area (Å²) in [6.45, 7) is 2.34. The van der Waals surface area contributed by atoms with Crippen molar-refractivity contribution >= 4 is 28.9 Å². The number of benzene rings is 1. The molecule has 0 saturated heterocycles.